The number of nitrogens with zero attached hydrogens (tertiary/aromatic N) is 1. The Balaban J connectivity index is 2.07. The highest BCUT2D eigenvalue weighted by atomic mass is 16.2. The zero-order valence-corrected chi connectivity index (χ0v) is 26.1. The zero-order chi connectivity index (χ0) is 32.6. The van der Waals surface area contributed by atoms with Crippen molar-refractivity contribution in [3.63, 3.8) is 0 Å². The molecular weight excluding hydrogens is 562 g/mol. The molecule has 1 aliphatic rings. The lowest BCUT2D eigenvalue weighted by Crippen LogP contribution is -2.57. The summed E-state index contributed by atoms with van der Waals surface area (Å²) >= 11 is 0. The molecule has 0 aromatic heterocycles. The van der Waals surface area contributed by atoms with E-state index in [1.54, 1.807) is 37.8 Å². The third kappa shape index (κ3) is 11.3. The van der Waals surface area contributed by atoms with Crippen LogP contribution in [-0.2, 0) is 35.2 Å². The van der Waals surface area contributed by atoms with Crippen LogP contribution < -0.4 is 21.3 Å². The molecule has 44 heavy (non-hydrogen) atoms. The van der Waals surface area contributed by atoms with E-state index in [9.17, 15) is 28.8 Å². The molecule has 2 rings (SSSR count). The third-order valence-corrected chi connectivity index (χ3v) is 7.14. The van der Waals surface area contributed by atoms with Gasteiger partial charge in [0.25, 0.3) is 11.8 Å². The van der Waals surface area contributed by atoms with Crippen LogP contribution in [-0.4, -0.2) is 78.0 Å². The molecule has 1 saturated heterocycles. The van der Waals surface area contributed by atoms with Crippen molar-refractivity contribution < 1.29 is 28.8 Å². The first-order valence-electron chi connectivity index (χ1n) is 15.0. The molecule has 11 nitrogen and oxygen atoms in total. The summed E-state index contributed by atoms with van der Waals surface area (Å²) in [4.78, 5) is 79.0. The molecule has 0 saturated carbocycles. The highest BCUT2D eigenvalue weighted by Gasteiger charge is 2.32. The van der Waals surface area contributed by atoms with Gasteiger partial charge in [0, 0.05) is 25.1 Å². The highest BCUT2D eigenvalue weighted by molar-refractivity contribution is 6.38. The molecule has 0 spiro atoms. The first kappa shape index (κ1) is 35.7. The SMILES string of the molecule is C=CC=C(C=CC)C(=O)NC(Cc1ccccc1)C(=O)NC(C)C(=O)NC(C(=O)C(=O)NCC(=O)N1CCCCC1)C(C)C. The van der Waals surface area contributed by atoms with Crippen molar-refractivity contribution >= 4 is 35.3 Å². The number of likely N-dealkylation sites (tertiary alicyclic amines) is 1. The van der Waals surface area contributed by atoms with Crippen LogP contribution in [0.15, 0.2) is 66.8 Å². The Morgan fingerprint density at radius 2 is 1.55 bits per heavy atom. The molecule has 5 amide bonds. The van der Waals surface area contributed by atoms with Gasteiger partial charge in [0.2, 0.25) is 23.5 Å². The second-order valence-electron chi connectivity index (χ2n) is 11.0. The summed E-state index contributed by atoms with van der Waals surface area (Å²) in [5.41, 5.74) is 1.09. The summed E-state index contributed by atoms with van der Waals surface area (Å²) in [5.74, 6) is -4.36. The van der Waals surface area contributed by atoms with Gasteiger partial charge in [-0.1, -0.05) is 75.1 Å². The fourth-order valence-electron chi connectivity index (χ4n) is 4.65. The molecule has 238 valence electrons. The van der Waals surface area contributed by atoms with Gasteiger partial charge in [-0.2, -0.15) is 0 Å². The van der Waals surface area contributed by atoms with Crippen molar-refractivity contribution in [2.75, 3.05) is 19.6 Å². The van der Waals surface area contributed by atoms with Gasteiger partial charge in [0.1, 0.15) is 12.1 Å². The quantitative estimate of drug-likeness (QED) is 0.135. The number of allylic oxidation sites excluding steroid dienone is 3. The van der Waals surface area contributed by atoms with Gasteiger partial charge in [0.05, 0.1) is 12.6 Å². The normalized spacial score (nSPS) is 15.6. The molecule has 3 unspecified atom stereocenters. The second-order valence-corrected chi connectivity index (χ2v) is 11.0. The van der Waals surface area contributed by atoms with Crippen LogP contribution >= 0.6 is 0 Å². The summed E-state index contributed by atoms with van der Waals surface area (Å²) in [6.45, 7) is 11.1. The Morgan fingerprint density at radius 1 is 0.886 bits per heavy atom. The topological polar surface area (TPSA) is 154 Å². The van der Waals surface area contributed by atoms with Crippen molar-refractivity contribution in [1.29, 1.82) is 0 Å². The van der Waals surface area contributed by atoms with Crippen LogP contribution in [0.3, 0.4) is 0 Å². The number of ketones is 1. The Kier molecular flexibility index (Phi) is 14.7. The highest BCUT2D eigenvalue weighted by Crippen LogP contribution is 2.10. The number of carbonyl (C=O) groups is 6. The molecule has 11 heteroatoms. The maximum Gasteiger partial charge on any atom is 0.290 e. The summed E-state index contributed by atoms with van der Waals surface area (Å²) in [5, 5.41) is 10.3. The molecule has 0 radical (unpaired) electrons. The molecule has 1 aliphatic heterocycles. The summed E-state index contributed by atoms with van der Waals surface area (Å²) in [6, 6.07) is 5.79. The number of Topliss-reactive ketones (excluding diaryl/α,β-unsaturated/α-hetero) is 1. The third-order valence-electron chi connectivity index (χ3n) is 7.14. The maximum absolute atomic E-state index is 13.3. The number of benzene rings is 1. The summed E-state index contributed by atoms with van der Waals surface area (Å²) in [7, 11) is 0. The molecule has 1 aromatic rings. The lowest BCUT2D eigenvalue weighted by atomic mass is 9.98. The molecule has 0 aliphatic carbocycles. The van der Waals surface area contributed by atoms with Crippen LogP contribution in [0.4, 0.5) is 0 Å². The average Bonchev–Trinajstić information content (AvgIpc) is 3.01. The van der Waals surface area contributed by atoms with Crippen molar-refractivity contribution in [2.24, 2.45) is 5.92 Å². The minimum absolute atomic E-state index is 0.160. The first-order chi connectivity index (χ1) is 21.0. The molecular formula is C33H45N5O6. The van der Waals surface area contributed by atoms with Crippen molar-refractivity contribution in [3.8, 4) is 0 Å². The lowest BCUT2D eigenvalue weighted by Gasteiger charge is -2.27. The van der Waals surface area contributed by atoms with Crippen LogP contribution in [0.25, 0.3) is 0 Å². The summed E-state index contributed by atoms with van der Waals surface area (Å²) in [6.07, 6.45) is 9.28. The number of amides is 5. The predicted octanol–water partition coefficient (Wildman–Crippen LogP) is 1.75. The van der Waals surface area contributed by atoms with E-state index >= 15 is 0 Å². The predicted molar refractivity (Wildman–Crippen MR) is 168 cm³/mol. The molecule has 0 bridgehead atoms. The Hall–Kier alpha value is -4.54. The number of hydrogen-bond donors (Lipinski definition) is 4. The van der Waals surface area contributed by atoms with E-state index < -0.39 is 53.5 Å². The molecule has 4 N–H and O–H groups in total. The second kappa shape index (κ2) is 18.2. The number of piperidine rings is 1. The number of rotatable bonds is 15. The van der Waals surface area contributed by atoms with Gasteiger partial charge >= 0.3 is 0 Å². The van der Waals surface area contributed by atoms with Crippen molar-refractivity contribution in [1.82, 2.24) is 26.2 Å². The summed E-state index contributed by atoms with van der Waals surface area (Å²) < 4.78 is 0. The standard InChI is InChI=1S/C33H45N5O6/c1-6-14-25(15-7-2)31(42)36-26(20-24-16-10-8-11-17-24)32(43)35-23(5)30(41)37-28(22(3)4)29(40)33(44)34-21-27(39)38-18-12-9-13-19-38/h6-8,10-11,14-17,22-23,26,28H,1,9,12-13,18-21H2,2-5H3,(H,34,44)(H,35,43)(H,36,42)(H,37,41). The number of nitrogens with one attached hydrogen (secondary N) is 4. The largest absolute Gasteiger partial charge is 0.344 e. The van der Waals surface area contributed by atoms with E-state index in [1.165, 1.54) is 19.1 Å². The fourth-order valence-corrected chi connectivity index (χ4v) is 4.65. The van der Waals surface area contributed by atoms with Crippen LogP contribution in [0.1, 0.15) is 52.5 Å². The minimum atomic E-state index is -1.18. The van der Waals surface area contributed by atoms with E-state index in [4.69, 9.17) is 0 Å². The van der Waals surface area contributed by atoms with Gasteiger partial charge in [-0.15, -0.1) is 0 Å². The Labute approximate surface area is 259 Å². The maximum atomic E-state index is 13.3. The number of hydrogen-bond acceptors (Lipinski definition) is 6. The van der Waals surface area contributed by atoms with E-state index in [2.05, 4.69) is 27.8 Å². The van der Waals surface area contributed by atoms with Gasteiger partial charge < -0.3 is 26.2 Å². The smallest absolute Gasteiger partial charge is 0.290 e. The number of carbonyl (C=O) groups excluding carboxylic acids is 6. The minimum Gasteiger partial charge on any atom is -0.344 e. The van der Waals surface area contributed by atoms with Crippen LogP contribution in [0.5, 0.6) is 0 Å². The molecule has 3 atom stereocenters. The van der Waals surface area contributed by atoms with E-state index in [0.717, 1.165) is 24.8 Å². The molecule has 1 fully saturated rings. The zero-order valence-electron chi connectivity index (χ0n) is 26.1. The lowest BCUT2D eigenvalue weighted by molar-refractivity contribution is -0.142. The van der Waals surface area contributed by atoms with Gasteiger partial charge in [-0.25, -0.2) is 0 Å². The van der Waals surface area contributed by atoms with E-state index in [0.29, 0.717) is 18.7 Å². The Bertz CT molecular complexity index is 1250. The van der Waals surface area contributed by atoms with E-state index in [1.807, 2.05) is 30.3 Å². The van der Waals surface area contributed by atoms with Gasteiger partial charge in [0.15, 0.2) is 0 Å². The van der Waals surface area contributed by atoms with Crippen LogP contribution in [0, 0.1) is 5.92 Å². The fraction of sp³-hybridized carbons (Fsp3) is 0.455. The Morgan fingerprint density at radius 3 is 2.14 bits per heavy atom. The van der Waals surface area contributed by atoms with Crippen LogP contribution in [0.2, 0.25) is 0 Å². The first-order valence-corrected chi connectivity index (χ1v) is 15.0. The van der Waals surface area contributed by atoms with Gasteiger partial charge in [-0.05, 0) is 44.6 Å². The van der Waals surface area contributed by atoms with E-state index in [-0.39, 0.29) is 18.9 Å². The monoisotopic (exact) mass is 607 g/mol. The van der Waals surface area contributed by atoms with Gasteiger partial charge in [-0.3, -0.25) is 28.8 Å². The molecule has 1 heterocycles. The van der Waals surface area contributed by atoms with Crippen molar-refractivity contribution in [2.45, 2.75) is 71.5 Å². The van der Waals surface area contributed by atoms with Crippen molar-refractivity contribution in [3.05, 3.63) is 72.4 Å². The average molecular weight is 608 g/mol. The molecule has 1 aromatic carbocycles.